The Labute approximate surface area is 146 Å². The van der Waals surface area contributed by atoms with Crippen LogP contribution < -0.4 is 14.8 Å². The first kappa shape index (κ1) is 17.3. The van der Waals surface area contributed by atoms with Crippen molar-refractivity contribution < 1.29 is 18.8 Å². The van der Waals surface area contributed by atoms with E-state index in [2.05, 4.69) is 22.3 Å². The van der Waals surface area contributed by atoms with Gasteiger partial charge in [-0.15, -0.1) is 0 Å². The van der Waals surface area contributed by atoms with Crippen LogP contribution in [0.25, 0.3) is 0 Å². The normalized spacial score (nSPS) is 16.0. The molecule has 0 radical (unpaired) electrons. The molecule has 0 saturated heterocycles. The van der Waals surface area contributed by atoms with Crippen molar-refractivity contribution in [3.8, 4) is 11.5 Å². The Kier molecular flexibility index (Phi) is 5.55. The van der Waals surface area contributed by atoms with Crippen molar-refractivity contribution >= 4 is 11.7 Å². The summed E-state index contributed by atoms with van der Waals surface area (Å²) >= 11 is 0. The van der Waals surface area contributed by atoms with Crippen LogP contribution in [0.5, 0.6) is 11.5 Å². The molecule has 2 aromatic rings. The van der Waals surface area contributed by atoms with E-state index in [1.807, 2.05) is 24.3 Å². The number of aryl methyl sites for hydroxylation is 1. The summed E-state index contributed by atoms with van der Waals surface area (Å²) in [5.41, 5.74) is 0. The van der Waals surface area contributed by atoms with Crippen LogP contribution in [0.1, 0.15) is 19.1 Å². The molecule has 7 heteroatoms. The van der Waals surface area contributed by atoms with Gasteiger partial charge in [0.15, 0.2) is 17.3 Å². The van der Waals surface area contributed by atoms with Gasteiger partial charge in [-0.05, 0) is 32.0 Å². The van der Waals surface area contributed by atoms with Gasteiger partial charge in [0.1, 0.15) is 18.5 Å². The fraction of sp³-hybridized carbons (Fsp3) is 0.444. The van der Waals surface area contributed by atoms with Crippen LogP contribution in [0.3, 0.4) is 0 Å². The van der Waals surface area contributed by atoms with Gasteiger partial charge in [-0.1, -0.05) is 24.2 Å². The number of fused-ring (bicyclic) bond motifs is 1. The first-order chi connectivity index (χ1) is 12.1. The van der Waals surface area contributed by atoms with Crippen LogP contribution in [-0.2, 0) is 4.79 Å². The Morgan fingerprint density at radius 2 is 2.16 bits per heavy atom. The monoisotopic (exact) mass is 345 g/mol. The number of rotatable bonds is 7. The summed E-state index contributed by atoms with van der Waals surface area (Å²) in [7, 11) is 0. The molecule has 1 amide bonds. The molecule has 1 aromatic heterocycles. The third kappa shape index (κ3) is 4.73. The van der Waals surface area contributed by atoms with Crippen molar-refractivity contribution in [3.63, 3.8) is 0 Å². The second-order valence-electron chi connectivity index (χ2n) is 6.10. The van der Waals surface area contributed by atoms with Crippen molar-refractivity contribution in [2.75, 3.05) is 31.6 Å². The minimum Gasteiger partial charge on any atom is -0.486 e. The maximum absolute atomic E-state index is 12.2. The highest BCUT2D eigenvalue weighted by atomic mass is 16.6. The summed E-state index contributed by atoms with van der Waals surface area (Å²) in [6.45, 7) is 6.02. The molecule has 3 rings (SSSR count). The van der Waals surface area contributed by atoms with Gasteiger partial charge >= 0.3 is 0 Å². The molecule has 0 bridgehead atoms. The molecule has 0 unspecified atom stereocenters. The first-order valence-electron chi connectivity index (χ1n) is 8.48. The Morgan fingerprint density at radius 3 is 2.88 bits per heavy atom. The summed E-state index contributed by atoms with van der Waals surface area (Å²) in [5.74, 6) is 2.48. The van der Waals surface area contributed by atoms with E-state index in [-0.39, 0.29) is 18.6 Å². The van der Waals surface area contributed by atoms with Crippen molar-refractivity contribution in [2.45, 2.75) is 26.4 Å². The third-order valence-corrected chi connectivity index (χ3v) is 3.83. The molecule has 0 spiro atoms. The van der Waals surface area contributed by atoms with Crippen LogP contribution in [0.4, 0.5) is 5.82 Å². The van der Waals surface area contributed by atoms with Crippen LogP contribution >= 0.6 is 0 Å². The van der Waals surface area contributed by atoms with Gasteiger partial charge in [0.25, 0.3) is 0 Å². The Morgan fingerprint density at radius 1 is 1.36 bits per heavy atom. The number of hydrogen-bond donors (Lipinski definition) is 1. The highest BCUT2D eigenvalue weighted by Crippen LogP contribution is 2.31. The van der Waals surface area contributed by atoms with Crippen molar-refractivity contribution in [2.24, 2.45) is 0 Å². The summed E-state index contributed by atoms with van der Waals surface area (Å²) in [4.78, 5) is 14.3. The zero-order chi connectivity index (χ0) is 17.6. The highest BCUT2D eigenvalue weighted by molar-refractivity contribution is 5.91. The van der Waals surface area contributed by atoms with Gasteiger partial charge < -0.3 is 19.3 Å². The van der Waals surface area contributed by atoms with Gasteiger partial charge in [-0.25, -0.2) is 0 Å². The third-order valence-electron chi connectivity index (χ3n) is 3.83. The van der Waals surface area contributed by atoms with Crippen LogP contribution in [0, 0.1) is 6.92 Å². The number of carbonyl (C=O) groups excluding carboxylic acids is 1. The van der Waals surface area contributed by atoms with Crippen LogP contribution in [-0.4, -0.2) is 48.3 Å². The molecular formula is C18H23N3O4. The number of benzene rings is 1. The van der Waals surface area contributed by atoms with Crippen molar-refractivity contribution in [3.05, 3.63) is 36.1 Å². The van der Waals surface area contributed by atoms with E-state index in [9.17, 15) is 4.79 Å². The zero-order valence-corrected chi connectivity index (χ0v) is 14.5. The van der Waals surface area contributed by atoms with E-state index in [0.29, 0.717) is 24.7 Å². The Bertz CT molecular complexity index is 716. The summed E-state index contributed by atoms with van der Waals surface area (Å²) in [6, 6.07) is 9.31. The maximum Gasteiger partial charge on any atom is 0.239 e. The lowest BCUT2D eigenvalue weighted by Crippen LogP contribution is -2.44. The van der Waals surface area contributed by atoms with Gasteiger partial charge in [0, 0.05) is 12.6 Å². The number of nitrogens with one attached hydrogen (secondary N) is 1. The average molecular weight is 345 g/mol. The summed E-state index contributed by atoms with van der Waals surface area (Å²) in [6.07, 6.45) is 0.837. The maximum atomic E-state index is 12.2. The molecular weight excluding hydrogens is 322 g/mol. The Hall–Kier alpha value is -2.54. The predicted molar refractivity (Wildman–Crippen MR) is 93.0 cm³/mol. The second-order valence-corrected chi connectivity index (χ2v) is 6.10. The number of anilines is 1. The van der Waals surface area contributed by atoms with Crippen molar-refractivity contribution in [1.82, 2.24) is 10.1 Å². The molecule has 2 heterocycles. The standard InChI is InChI=1S/C18H23N3O4/c1-3-8-21(11-18(22)19-17-9-13(2)25-20-17)10-14-12-23-15-6-4-5-7-16(15)24-14/h4-7,9,14H,3,8,10-12H2,1-2H3,(H,19,20,22)/t14-/m0/s1. The average Bonchev–Trinajstić information content (AvgIpc) is 2.99. The lowest BCUT2D eigenvalue weighted by atomic mass is 10.2. The van der Waals surface area contributed by atoms with E-state index in [0.717, 1.165) is 24.5 Å². The van der Waals surface area contributed by atoms with E-state index in [1.165, 1.54) is 0 Å². The molecule has 25 heavy (non-hydrogen) atoms. The fourth-order valence-electron chi connectivity index (χ4n) is 2.80. The molecule has 7 nitrogen and oxygen atoms in total. The molecule has 0 saturated carbocycles. The van der Waals surface area contributed by atoms with Crippen LogP contribution in [0.2, 0.25) is 0 Å². The quantitative estimate of drug-likeness (QED) is 0.831. The number of para-hydroxylation sites is 2. The highest BCUT2D eigenvalue weighted by Gasteiger charge is 2.24. The summed E-state index contributed by atoms with van der Waals surface area (Å²) < 4.78 is 16.7. The van der Waals surface area contributed by atoms with Gasteiger partial charge in [-0.2, -0.15) is 0 Å². The first-order valence-corrected chi connectivity index (χ1v) is 8.48. The number of carbonyl (C=O) groups is 1. The smallest absolute Gasteiger partial charge is 0.239 e. The van der Waals surface area contributed by atoms with Crippen molar-refractivity contribution in [1.29, 1.82) is 0 Å². The lowest BCUT2D eigenvalue weighted by Gasteiger charge is -2.30. The summed E-state index contributed by atoms with van der Waals surface area (Å²) in [5, 5.41) is 6.53. The number of amides is 1. The van der Waals surface area contributed by atoms with Crippen LogP contribution in [0.15, 0.2) is 34.9 Å². The topological polar surface area (TPSA) is 76.8 Å². The predicted octanol–water partition coefficient (Wildman–Crippen LogP) is 2.47. The number of aromatic nitrogens is 1. The molecule has 0 fully saturated rings. The molecule has 1 aromatic carbocycles. The second kappa shape index (κ2) is 8.02. The molecule has 134 valence electrons. The van der Waals surface area contributed by atoms with E-state index in [4.69, 9.17) is 14.0 Å². The molecule has 1 aliphatic heterocycles. The van der Waals surface area contributed by atoms with E-state index < -0.39 is 0 Å². The lowest BCUT2D eigenvalue weighted by molar-refractivity contribution is -0.117. The van der Waals surface area contributed by atoms with Gasteiger partial charge in [0.2, 0.25) is 5.91 Å². The largest absolute Gasteiger partial charge is 0.486 e. The number of nitrogens with zero attached hydrogens (tertiary/aromatic N) is 2. The molecule has 1 N–H and O–H groups in total. The molecule has 1 aliphatic rings. The minimum atomic E-state index is -0.126. The zero-order valence-electron chi connectivity index (χ0n) is 14.5. The van der Waals surface area contributed by atoms with Gasteiger partial charge in [0.05, 0.1) is 6.54 Å². The van der Waals surface area contributed by atoms with Gasteiger partial charge in [-0.3, -0.25) is 9.69 Å². The van der Waals surface area contributed by atoms with E-state index >= 15 is 0 Å². The number of hydrogen-bond acceptors (Lipinski definition) is 6. The van der Waals surface area contributed by atoms with E-state index in [1.54, 1.807) is 13.0 Å². The molecule has 1 atom stereocenters. The Balaban J connectivity index is 1.55. The fourth-order valence-corrected chi connectivity index (χ4v) is 2.80. The minimum absolute atomic E-state index is 0.108. The molecule has 0 aliphatic carbocycles. The number of ether oxygens (including phenoxy) is 2. The SMILES string of the molecule is CCCN(CC(=O)Nc1cc(C)on1)C[C@H]1COc2ccccc2O1.